The number of rotatable bonds is 4. The van der Waals surface area contributed by atoms with Gasteiger partial charge in [0.15, 0.2) is 0 Å². The highest BCUT2D eigenvalue weighted by molar-refractivity contribution is 6.17. The van der Waals surface area contributed by atoms with Gasteiger partial charge in [0.05, 0.1) is 0 Å². The third-order valence-corrected chi connectivity index (χ3v) is 3.16. The van der Waals surface area contributed by atoms with Gasteiger partial charge in [0.2, 0.25) is 0 Å². The Morgan fingerprint density at radius 2 is 1.89 bits per heavy atom. The fourth-order valence-electron chi connectivity index (χ4n) is 1.93. The highest BCUT2D eigenvalue weighted by atomic mass is 35.5. The van der Waals surface area contributed by atoms with Crippen LogP contribution in [0.2, 0.25) is 0 Å². The second kappa shape index (κ2) is 6.07. The fourth-order valence-corrected chi connectivity index (χ4v) is 2.09. The van der Waals surface area contributed by atoms with E-state index in [4.69, 9.17) is 16.3 Å². The molecule has 0 amide bonds. The molecule has 0 saturated carbocycles. The van der Waals surface area contributed by atoms with E-state index < -0.39 is 0 Å². The van der Waals surface area contributed by atoms with Gasteiger partial charge in [-0.3, -0.25) is 0 Å². The van der Waals surface area contributed by atoms with E-state index in [2.05, 4.69) is 13.8 Å². The summed E-state index contributed by atoms with van der Waals surface area (Å²) in [5.74, 6) is 1.50. The fraction of sp³-hybridized carbons (Fsp3) is 0.250. The molecule has 19 heavy (non-hydrogen) atoms. The molecule has 2 aromatic rings. The minimum atomic E-state index is -0.338. The van der Waals surface area contributed by atoms with Crippen molar-refractivity contribution in [2.75, 3.05) is 0 Å². The predicted molar refractivity (Wildman–Crippen MR) is 76.6 cm³/mol. The molecule has 0 saturated heterocycles. The van der Waals surface area contributed by atoms with Gasteiger partial charge in [-0.2, -0.15) is 0 Å². The van der Waals surface area contributed by atoms with Gasteiger partial charge < -0.3 is 4.74 Å². The van der Waals surface area contributed by atoms with Crippen LogP contribution >= 0.6 is 11.6 Å². The van der Waals surface area contributed by atoms with Gasteiger partial charge >= 0.3 is 0 Å². The van der Waals surface area contributed by atoms with E-state index in [-0.39, 0.29) is 11.7 Å². The molecule has 1 nitrogen and oxygen atoms in total. The lowest BCUT2D eigenvalue weighted by Crippen LogP contribution is -1.94. The molecule has 0 heterocycles. The van der Waals surface area contributed by atoms with Gasteiger partial charge in [0.1, 0.15) is 17.3 Å². The van der Waals surface area contributed by atoms with Gasteiger partial charge in [-0.25, -0.2) is 4.39 Å². The molecule has 0 aliphatic heterocycles. The first kappa shape index (κ1) is 13.9. The predicted octanol–water partition coefficient (Wildman–Crippen LogP) is 5.48. The summed E-state index contributed by atoms with van der Waals surface area (Å²) < 4.78 is 19.2. The van der Waals surface area contributed by atoms with Crippen LogP contribution in [0.1, 0.15) is 30.9 Å². The van der Waals surface area contributed by atoms with Gasteiger partial charge in [-0.05, 0) is 35.2 Å². The van der Waals surface area contributed by atoms with E-state index in [1.165, 1.54) is 12.1 Å². The quantitative estimate of drug-likeness (QED) is 0.673. The molecule has 0 radical (unpaired) electrons. The van der Waals surface area contributed by atoms with E-state index in [1.807, 2.05) is 24.3 Å². The maximum Gasteiger partial charge on any atom is 0.130 e. The summed E-state index contributed by atoms with van der Waals surface area (Å²) in [5.41, 5.74) is 1.80. The molecule has 0 aliphatic carbocycles. The molecule has 100 valence electrons. The molecule has 0 unspecified atom stereocenters. The van der Waals surface area contributed by atoms with Crippen molar-refractivity contribution < 1.29 is 9.13 Å². The zero-order valence-electron chi connectivity index (χ0n) is 11.0. The highest BCUT2D eigenvalue weighted by Gasteiger charge is 2.09. The lowest BCUT2D eigenvalue weighted by Gasteiger charge is -2.14. The summed E-state index contributed by atoms with van der Waals surface area (Å²) >= 11 is 5.73. The zero-order chi connectivity index (χ0) is 13.8. The SMILES string of the molecule is CC(C)c1ccccc1Oc1cc(F)cc(CCl)c1. The number of hydrogen-bond acceptors (Lipinski definition) is 1. The van der Waals surface area contributed by atoms with E-state index in [1.54, 1.807) is 6.07 Å². The maximum atomic E-state index is 13.4. The lowest BCUT2D eigenvalue weighted by molar-refractivity contribution is 0.467. The van der Waals surface area contributed by atoms with Crippen LogP contribution in [0.25, 0.3) is 0 Å². The number of para-hydroxylation sites is 1. The molecule has 0 atom stereocenters. The Bertz CT molecular complexity index is 566. The van der Waals surface area contributed by atoms with E-state index in [0.717, 1.165) is 11.3 Å². The van der Waals surface area contributed by atoms with Crippen LogP contribution in [0.4, 0.5) is 4.39 Å². The standard InChI is InChI=1S/C16H16ClFO/c1-11(2)15-5-3-4-6-16(15)19-14-8-12(10-17)7-13(18)9-14/h3-9,11H,10H2,1-2H3. The van der Waals surface area contributed by atoms with Crippen molar-refractivity contribution in [1.29, 1.82) is 0 Å². The molecule has 0 spiro atoms. The number of ether oxygens (including phenoxy) is 1. The van der Waals surface area contributed by atoms with Crippen LogP contribution in [0.3, 0.4) is 0 Å². The van der Waals surface area contributed by atoms with Crippen LogP contribution in [-0.2, 0) is 5.88 Å². The van der Waals surface area contributed by atoms with Crippen molar-refractivity contribution in [1.82, 2.24) is 0 Å². The zero-order valence-corrected chi connectivity index (χ0v) is 11.7. The van der Waals surface area contributed by atoms with Crippen molar-refractivity contribution in [2.24, 2.45) is 0 Å². The van der Waals surface area contributed by atoms with Gasteiger partial charge in [0.25, 0.3) is 0 Å². The van der Waals surface area contributed by atoms with Crippen LogP contribution < -0.4 is 4.74 Å². The molecule has 2 aromatic carbocycles. The smallest absolute Gasteiger partial charge is 0.130 e. The van der Waals surface area contributed by atoms with Crippen molar-refractivity contribution in [3.63, 3.8) is 0 Å². The summed E-state index contributed by atoms with van der Waals surface area (Å²) in [6, 6.07) is 12.3. The summed E-state index contributed by atoms with van der Waals surface area (Å²) in [6.07, 6.45) is 0. The number of halogens is 2. The molecule has 0 aromatic heterocycles. The highest BCUT2D eigenvalue weighted by Crippen LogP contribution is 2.31. The van der Waals surface area contributed by atoms with Gasteiger partial charge in [-0.15, -0.1) is 11.6 Å². The monoisotopic (exact) mass is 278 g/mol. The molecule has 2 rings (SSSR count). The number of alkyl halides is 1. The first-order valence-corrected chi connectivity index (χ1v) is 6.76. The third kappa shape index (κ3) is 3.48. The first-order chi connectivity index (χ1) is 9.10. The molecule has 3 heteroatoms. The number of hydrogen-bond donors (Lipinski definition) is 0. The van der Waals surface area contributed by atoms with Crippen molar-refractivity contribution in [2.45, 2.75) is 25.6 Å². The number of benzene rings is 2. The van der Waals surface area contributed by atoms with Gasteiger partial charge in [-0.1, -0.05) is 32.0 Å². The normalized spacial score (nSPS) is 10.8. The average molecular weight is 279 g/mol. The lowest BCUT2D eigenvalue weighted by atomic mass is 10.0. The first-order valence-electron chi connectivity index (χ1n) is 6.22. The van der Waals surface area contributed by atoms with Crippen LogP contribution in [0, 0.1) is 5.82 Å². The summed E-state index contributed by atoms with van der Waals surface area (Å²) in [6.45, 7) is 4.19. The Hall–Kier alpha value is -1.54. The summed E-state index contributed by atoms with van der Waals surface area (Å²) in [5, 5.41) is 0. The Morgan fingerprint density at radius 1 is 1.16 bits per heavy atom. The molecular formula is C16H16ClFO. The topological polar surface area (TPSA) is 9.23 Å². The minimum Gasteiger partial charge on any atom is -0.457 e. The molecular weight excluding hydrogens is 263 g/mol. The second-order valence-corrected chi connectivity index (χ2v) is 4.99. The van der Waals surface area contributed by atoms with Crippen LogP contribution in [0.5, 0.6) is 11.5 Å². The average Bonchev–Trinajstić information content (AvgIpc) is 2.38. The summed E-state index contributed by atoms with van der Waals surface area (Å²) in [4.78, 5) is 0. The molecule has 0 N–H and O–H groups in total. The molecule has 0 fully saturated rings. The van der Waals surface area contributed by atoms with Crippen LogP contribution in [-0.4, -0.2) is 0 Å². The Labute approximate surface area is 118 Å². The molecule has 0 aliphatic rings. The van der Waals surface area contributed by atoms with Crippen LogP contribution in [0.15, 0.2) is 42.5 Å². The van der Waals surface area contributed by atoms with E-state index >= 15 is 0 Å². The van der Waals surface area contributed by atoms with Crippen molar-refractivity contribution >= 4 is 11.6 Å². The second-order valence-electron chi connectivity index (χ2n) is 4.72. The van der Waals surface area contributed by atoms with Gasteiger partial charge in [0, 0.05) is 11.9 Å². The van der Waals surface area contributed by atoms with Crippen molar-refractivity contribution in [3.05, 3.63) is 59.4 Å². The minimum absolute atomic E-state index is 0.264. The van der Waals surface area contributed by atoms with E-state index in [9.17, 15) is 4.39 Å². The Morgan fingerprint density at radius 3 is 2.58 bits per heavy atom. The largest absolute Gasteiger partial charge is 0.457 e. The third-order valence-electron chi connectivity index (χ3n) is 2.85. The Kier molecular flexibility index (Phi) is 4.43. The maximum absolute atomic E-state index is 13.4. The Balaban J connectivity index is 2.33. The summed E-state index contributed by atoms with van der Waals surface area (Å²) in [7, 11) is 0. The van der Waals surface area contributed by atoms with E-state index in [0.29, 0.717) is 17.2 Å². The molecule has 0 bridgehead atoms. The van der Waals surface area contributed by atoms with Crippen molar-refractivity contribution in [3.8, 4) is 11.5 Å².